The lowest BCUT2D eigenvalue weighted by Gasteiger charge is -2.15. The zero-order chi connectivity index (χ0) is 14.8. The minimum absolute atomic E-state index is 0.233. The van der Waals surface area contributed by atoms with Crippen LogP contribution in [-0.2, 0) is 16.6 Å². The van der Waals surface area contributed by atoms with Crippen molar-refractivity contribution < 1.29 is 12.8 Å². The van der Waals surface area contributed by atoms with Crippen molar-refractivity contribution in [3.63, 3.8) is 0 Å². The van der Waals surface area contributed by atoms with Crippen molar-refractivity contribution in [2.45, 2.75) is 37.2 Å². The van der Waals surface area contributed by atoms with E-state index in [0.29, 0.717) is 30.7 Å². The summed E-state index contributed by atoms with van der Waals surface area (Å²) in [5, 5.41) is 2.94. The van der Waals surface area contributed by atoms with Crippen molar-refractivity contribution in [3.8, 4) is 0 Å². The van der Waals surface area contributed by atoms with Crippen LogP contribution in [0.1, 0.15) is 24.4 Å². The monoisotopic (exact) mass is 301 g/mol. The van der Waals surface area contributed by atoms with E-state index in [2.05, 4.69) is 14.9 Å². The molecule has 114 valence electrons. The van der Waals surface area contributed by atoms with E-state index in [1.165, 1.54) is 12.8 Å². The predicted octanol–water partition coefficient (Wildman–Crippen LogP) is 0.680. The Morgan fingerprint density at radius 3 is 2.75 bits per heavy atom. The minimum Gasteiger partial charge on any atom is -0.464 e. The van der Waals surface area contributed by atoms with Gasteiger partial charge >= 0.3 is 0 Å². The Labute approximate surface area is 120 Å². The molecule has 0 unspecified atom stereocenters. The van der Waals surface area contributed by atoms with Crippen molar-refractivity contribution in [1.29, 1.82) is 0 Å². The molecule has 0 aliphatic heterocycles. The Morgan fingerprint density at radius 2 is 2.15 bits per heavy atom. The van der Waals surface area contributed by atoms with Crippen LogP contribution in [0, 0.1) is 6.92 Å². The zero-order valence-corrected chi connectivity index (χ0v) is 13.1. The molecule has 7 heteroatoms. The molecule has 0 radical (unpaired) electrons. The van der Waals surface area contributed by atoms with Gasteiger partial charge in [-0.15, -0.1) is 0 Å². The summed E-state index contributed by atoms with van der Waals surface area (Å²) in [4.78, 5) is 2.42. The van der Waals surface area contributed by atoms with Crippen LogP contribution in [0.3, 0.4) is 0 Å². The molecule has 1 aromatic heterocycles. The van der Waals surface area contributed by atoms with E-state index in [1.54, 1.807) is 20.0 Å². The van der Waals surface area contributed by atoms with Crippen LogP contribution < -0.4 is 10.0 Å². The molecule has 0 bridgehead atoms. The molecule has 2 rings (SSSR count). The van der Waals surface area contributed by atoms with E-state index in [-0.39, 0.29) is 4.90 Å². The standard InChI is InChI=1S/C13H23N3O3S/c1-10-13(8-12(19-10)9-14-2)20(17,18)15-6-7-16(3)11-4-5-11/h8,11,14-15H,4-7,9H2,1-3H3. The van der Waals surface area contributed by atoms with Crippen molar-refractivity contribution >= 4 is 10.0 Å². The number of nitrogens with one attached hydrogen (secondary N) is 2. The van der Waals surface area contributed by atoms with Crippen LogP contribution in [0.15, 0.2) is 15.4 Å². The van der Waals surface area contributed by atoms with Crippen LogP contribution >= 0.6 is 0 Å². The van der Waals surface area contributed by atoms with Gasteiger partial charge in [0.25, 0.3) is 0 Å². The van der Waals surface area contributed by atoms with Gasteiger partial charge in [-0.2, -0.15) is 0 Å². The number of rotatable bonds is 8. The van der Waals surface area contributed by atoms with Crippen LogP contribution in [0.2, 0.25) is 0 Å². The van der Waals surface area contributed by atoms with Gasteiger partial charge in [0.05, 0.1) is 6.54 Å². The van der Waals surface area contributed by atoms with Gasteiger partial charge in [0.15, 0.2) is 0 Å². The fourth-order valence-corrected chi connectivity index (χ4v) is 3.41. The van der Waals surface area contributed by atoms with E-state index in [1.807, 2.05) is 7.05 Å². The quantitative estimate of drug-likeness (QED) is 0.738. The van der Waals surface area contributed by atoms with Gasteiger partial charge in [0.2, 0.25) is 10.0 Å². The predicted molar refractivity (Wildman–Crippen MR) is 77.0 cm³/mol. The van der Waals surface area contributed by atoms with Crippen LogP contribution in [0.4, 0.5) is 0 Å². The molecule has 20 heavy (non-hydrogen) atoms. The van der Waals surface area contributed by atoms with Crippen LogP contribution in [-0.4, -0.2) is 46.5 Å². The van der Waals surface area contributed by atoms with E-state index < -0.39 is 10.0 Å². The van der Waals surface area contributed by atoms with Gasteiger partial charge < -0.3 is 14.6 Å². The number of furan rings is 1. The Balaban J connectivity index is 1.94. The summed E-state index contributed by atoms with van der Waals surface area (Å²) in [7, 11) is 0.330. The molecule has 1 fully saturated rings. The average Bonchev–Trinajstić information content (AvgIpc) is 3.14. The molecule has 0 saturated heterocycles. The summed E-state index contributed by atoms with van der Waals surface area (Å²) in [6.45, 7) is 3.33. The summed E-state index contributed by atoms with van der Waals surface area (Å²) >= 11 is 0. The molecular formula is C13H23N3O3S. The molecule has 6 nitrogen and oxygen atoms in total. The maximum Gasteiger partial charge on any atom is 0.244 e. The third-order valence-corrected chi connectivity index (χ3v) is 5.06. The van der Waals surface area contributed by atoms with E-state index >= 15 is 0 Å². The largest absolute Gasteiger partial charge is 0.464 e. The molecule has 0 atom stereocenters. The highest BCUT2D eigenvalue weighted by molar-refractivity contribution is 7.89. The molecular weight excluding hydrogens is 278 g/mol. The summed E-state index contributed by atoms with van der Waals surface area (Å²) in [5.74, 6) is 1.05. The zero-order valence-electron chi connectivity index (χ0n) is 12.3. The molecule has 1 aliphatic carbocycles. The van der Waals surface area contributed by atoms with Crippen LogP contribution in [0.5, 0.6) is 0 Å². The first-order valence-electron chi connectivity index (χ1n) is 6.88. The second-order valence-corrected chi connectivity index (χ2v) is 7.01. The highest BCUT2D eigenvalue weighted by atomic mass is 32.2. The molecule has 0 aromatic carbocycles. The molecule has 2 N–H and O–H groups in total. The maximum atomic E-state index is 12.2. The maximum absolute atomic E-state index is 12.2. The third kappa shape index (κ3) is 3.82. The topological polar surface area (TPSA) is 74.6 Å². The highest BCUT2D eigenvalue weighted by Gasteiger charge is 2.26. The Hall–Kier alpha value is -0.890. The van der Waals surface area contributed by atoms with Gasteiger partial charge in [0.1, 0.15) is 16.4 Å². The lowest BCUT2D eigenvalue weighted by atomic mass is 10.4. The lowest BCUT2D eigenvalue weighted by molar-refractivity contribution is 0.329. The van der Waals surface area contributed by atoms with E-state index in [0.717, 1.165) is 6.54 Å². The van der Waals surface area contributed by atoms with Gasteiger partial charge in [-0.05, 0) is 33.9 Å². The average molecular weight is 301 g/mol. The molecule has 1 heterocycles. The molecule has 0 spiro atoms. The summed E-state index contributed by atoms with van der Waals surface area (Å²) < 4.78 is 32.5. The number of hydrogen-bond donors (Lipinski definition) is 2. The van der Waals surface area contributed by atoms with Gasteiger partial charge in [-0.25, -0.2) is 13.1 Å². The summed E-state index contributed by atoms with van der Waals surface area (Å²) in [6.07, 6.45) is 2.44. The third-order valence-electron chi connectivity index (χ3n) is 3.49. The number of sulfonamides is 1. The first-order chi connectivity index (χ1) is 9.44. The number of nitrogens with zero attached hydrogens (tertiary/aromatic N) is 1. The Kier molecular flexibility index (Phi) is 4.85. The second kappa shape index (κ2) is 6.26. The Bertz CT molecular complexity index is 549. The number of likely N-dealkylation sites (N-methyl/N-ethyl adjacent to an activating group) is 1. The van der Waals surface area contributed by atoms with Gasteiger partial charge in [-0.1, -0.05) is 0 Å². The van der Waals surface area contributed by atoms with Crippen LogP contribution in [0.25, 0.3) is 0 Å². The second-order valence-electron chi connectivity index (χ2n) is 5.27. The Morgan fingerprint density at radius 1 is 1.45 bits per heavy atom. The molecule has 0 amide bonds. The minimum atomic E-state index is -3.49. The normalized spacial score (nSPS) is 16.0. The van der Waals surface area contributed by atoms with E-state index in [4.69, 9.17) is 4.42 Å². The lowest BCUT2D eigenvalue weighted by Crippen LogP contribution is -2.34. The van der Waals surface area contributed by atoms with Crippen molar-refractivity contribution in [2.75, 3.05) is 27.2 Å². The highest BCUT2D eigenvalue weighted by Crippen LogP contribution is 2.24. The molecule has 1 aromatic rings. The first kappa shape index (κ1) is 15.5. The van der Waals surface area contributed by atoms with Gasteiger partial charge in [-0.3, -0.25) is 0 Å². The fourth-order valence-electron chi connectivity index (χ4n) is 2.18. The fraction of sp³-hybridized carbons (Fsp3) is 0.692. The van der Waals surface area contributed by atoms with Crippen molar-refractivity contribution in [2.24, 2.45) is 0 Å². The SMILES string of the molecule is CNCc1cc(S(=O)(=O)NCCN(C)C2CC2)c(C)o1. The summed E-state index contributed by atoms with van der Waals surface area (Å²) in [5.41, 5.74) is 0. The number of aryl methyl sites for hydroxylation is 1. The van der Waals surface area contributed by atoms with Crippen molar-refractivity contribution in [3.05, 3.63) is 17.6 Å². The molecule has 1 saturated carbocycles. The first-order valence-corrected chi connectivity index (χ1v) is 8.36. The van der Waals surface area contributed by atoms with Crippen molar-refractivity contribution in [1.82, 2.24) is 14.9 Å². The number of hydrogen-bond acceptors (Lipinski definition) is 5. The molecule has 1 aliphatic rings. The summed E-state index contributed by atoms with van der Waals surface area (Å²) in [6, 6.07) is 2.22. The van der Waals surface area contributed by atoms with E-state index in [9.17, 15) is 8.42 Å². The van der Waals surface area contributed by atoms with Gasteiger partial charge in [0, 0.05) is 25.2 Å². The smallest absolute Gasteiger partial charge is 0.244 e.